The van der Waals surface area contributed by atoms with Crippen molar-refractivity contribution in [1.82, 2.24) is 10.2 Å². The molecule has 2 heterocycles. The molecule has 0 radical (unpaired) electrons. The number of nitrogens with zero attached hydrogens (tertiary/aromatic N) is 1. The Morgan fingerprint density at radius 2 is 2.53 bits per heavy atom. The highest BCUT2D eigenvalue weighted by Gasteiger charge is 2.26. The van der Waals surface area contributed by atoms with Crippen molar-refractivity contribution in [3.63, 3.8) is 0 Å². The van der Waals surface area contributed by atoms with Crippen molar-refractivity contribution in [1.29, 1.82) is 0 Å². The molecule has 1 aliphatic rings. The van der Waals surface area contributed by atoms with Gasteiger partial charge in [-0.2, -0.15) is 0 Å². The summed E-state index contributed by atoms with van der Waals surface area (Å²) in [6, 6.07) is 3.49. The van der Waals surface area contributed by atoms with Crippen LogP contribution in [0, 0.1) is 5.92 Å². The van der Waals surface area contributed by atoms with Crippen LogP contribution in [0.3, 0.4) is 0 Å². The molecular formula is C14H22N2O3. The number of amides is 1. The van der Waals surface area contributed by atoms with Crippen LogP contribution in [0.25, 0.3) is 0 Å². The van der Waals surface area contributed by atoms with E-state index in [2.05, 4.69) is 10.2 Å². The van der Waals surface area contributed by atoms with E-state index < -0.39 is 0 Å². The molecule has 2 rings (SSSR count). The fraction of sp³-hybridized carbons (Fsp3) is 0.643. The van der Waals surface area contributed by atoms with Gasteiger partial charge in [-0.15, -0.1) is 0 Å². The van der Waals surface area contributed by atoms with Gasteiger partial charge in [-0.05, 0) is 44.4 Å². The first kappa shape index (κ1) is 14.1. The molecule has 0 aliphatic carbocycles. The Morgan fingerprint density at radius 3 is 3.21 bits per heavy atom. The molecule has 1 aromatic rings. The number of nitrogens with one attached hydrogen (secondary N) is 1. The van der Waals surface area contributed by atoms with Crippen LogP contribution in [0.15, 0.2) is 22.8 Å². The van der Waals surface area contributed by atoms with Gasteiger partial charge >= 0.3 is 0 Å². The number of carbonyl (C=O) groups is 1. The summed E-state index contributed by atoms with van der Waals surface area (Å²) >= 11 is 0. The first-order valence-electron chi connectivity index (χ1n) is 6.85. The van der Waals surface area contributed by atoms with Gasteiger partial charge in [-0.1, -0.05) is 0 Å². The van der Waals surface area contributed by atoms with Crippen LogP contribution in [-0.4, -0.2) is 41.7 Å². The second-order valence-corrected chi connectivity index (χ2v) is 5.16. The van der Waals surface area contributed by atoms with Crippen molar-refractivity contribution in [2.45, 2.75) is 32.4 Å². The number of aliphatic hydroxyl groups excluding tert-OH is 1. The van der Waals surface area contributed by atoms with Crippen LogP contribution in [0.5, 0.6) is 0 Å². The largest absolute Gasteiger partial charge is 0.467 e. The third kappa shape index (κ3) is 3.81. The molecule has 1 aliphatic heterocycles. The van der Waals surface area contributed by atoms with Gasteiger partial charge in [0.25, 0.3) is 0 Å². The van der Waals surface area contributed by atoms with Crippen LogP contribution < -0.4 is 5.32 Å². The number of piperidine rings is 1. The van der Waals surface area contributed by atoms with Gasteiger partial charge in [0, 0.05) is 13.2 Å². The summed E-state index contributed by atoms with van der Waals surface area (Å²) in [4.78, 5) is 14.2. The molecule has 2 atom stereocenters. The van der Waals surface area contributed by atoms with Crippen molar-refractivity contribution in [2.24, 2.45) is 5.92 Å². The Hall–Kier alpha value is -1.33. The molecule has 0 saturated carbocycles. The van der Waals surface area contributed by atoms with Crippen molar-refractivity contribution < 1.29 is 14.3 Å². The average Bonchev–Trinajstić information content (AvgIpc) is 2.97. The Morgan fingerprint density at radius 1 is 1.68 bits per heavy atom. The van der Waals surface area contributed by atoms with E-state index in [1.165, 1.54) is 0 Å². The predicted octanol–water partition coefficient (Wildman–Crippen LogP) is 0.989. The Labute approximate surface area is 113 Å². The Balaban J connectivity index is 1.81. The van der Waals surface area contributed by atoms with E-state index in [4.69, 9.17) is 4.42 Å². The lowest BCUT2D eigenvalue weighted by atomic mass is 9.97. The number of furan rings is 1. The van der Waals surface area contributed by atoms with Crippen LogP contribution in [0.2, 0.25) is 0 Å². The number of likely N-dealkylation sites (tertiary alicyclic amines) is 1. The van der Waals surface area contributed by atoms with Gasteiger partial charge in [-0.25, -0.2) is 0 Å². The lowest BCUT2D eigenvalue weighted by Gasteiger charge is -2.35. The number of hydrogen-bond acceptors (Lipinski definition) is 4. The molecule has 0 aromatic carbocycles. The number of carbonyl (C=O) groups excluding carboxylic acids is 1. The van der Waals surface area contributed by atoms with E-state index in [-0.39, 0.29) is 18.6 Å². The lowest BCUT2D eigenvalue weighted by Crippen LogP contribution is -2.49. The normalized spacial score (nSPS) is 22.1. The number of aliphatic hydroxyl groups is 1. The molecule has 19 heavy (non-hydrogen) atoms. The fourth-order valence-electron chi connectivity index (χ4n) is 2.50. The third-order valence-corrected chi connectivity index (χ3v) is 3.75. The van der Waals surface area contributed by atoms with E-state index >= 15 is 0 Å². The maximum Gasteiger partial charge on any atom is 0.237 e. The molecule has 0 spiro atoms. The first-order valence-corrected chi connectivity index (χ1v) is 6.85. The van der Waals surface area contributed by atoms with E-state index in [1.807, 2.05) is 13.0 Å². The molecule has 1 fully saturated rings. The quantitative estimate of drug-likeness (QED) is 0.834. The molecular weight excluding hydrogens is 244 g/mol. The van der Waals surface area contributed by atoms with Gasteiger partial charge in [0.15, 0.2) is 0 Å². The summed E-state index contributed by atoms with van der Waals surface area (Å²) in [5.74, 6) is 1.07. The van der Waals surface area contributed by atoms with Gasteiger partial charge in [0.05, 0.1) is 18.8 Å². The fourth-order valence-corrected chi connectivity index (χ4v) is 2.50. The smallest absolute Gasteiger partial charge is 0.237 e. The summed E-state index contributed by atoms with van der Waals surface area (Å²) in [5.41, 5.74) is 0. The minimum Gasteiger partial charge on any atom is -0.467 e. The van der Waals surface area contributed by atoms with Gasteiger partial charge < -0.3 is 14.8 Å². The average molecular weight is 266 g/mol. The highest BCUT2D eigenvalue weighted by Crippen LogP contribution is 2.18. The molecule has 1 saturated heterocycles. The zero-order valence-electron chi connectivity index (χ0n) is 11.3. The number of rotatable bonds is 5. The molecule has 0 bridgehead atoms. The highest BCUT2D eigenvalue weighted by atomic mass is 16.3. The zero-order chi connectivity index (χ0) is 13.7. The molecule has 1 aromatic heterocycles. The maximum atomic E-state index is 12.1. The molecule has 1 amide bonds. The highest BCUT2D eigenvalue weighted by molar-refractivity contribution is 5.81. The Bertz CT molecular complexity index is 391. The third-order valence-electron chi connectivity index (χ3n) is 3.75. The number of hydrogen-bond donors (Lipinski definition) is 2. The summed E-state index contributed by atoms with van der Waals surface area (Å²) in [7, 11) is 0. The monoisotopic (exact) mass is 266 g/mol. The summed E-state index contributed by atoms with van der Waals surface area (Å²) in [5, 5.41) is 12.1. The minimum atomic E-state index is -0.163. The zero-order valence-corrected chi connectivity index (χ0v) is 11.3. The Kier molecular flexibility index (Phi) is 4.99. The van der Waals surface area contributed by atoms with Crippen molar-refractivity contribution in [3.8, 4) is 0 Å². The molecule has 5 heteroatoms. The summed E-state index contributed by atoms with van der Waals surface area (Å²) in [6.07, 6.45) is 3.69. The van der Waals surface area contributed by atoms with Gasteiger partial charge in [0.2, 0.25) is 5.91 Å². The topological polar surface area (TPSA) is 65.7 Å². The molecule has 2 N–H and O–H groups in total. The van der Waals surface area contributed by atoms with Crippen molar-refractivity contribution in [3.05, 3.63) is 24.2 Å². The van der Waals surface area contributed by atoms with Crippen molar-refractivity contribution in [2.75, 3.05) is 19.7 Å². The van der Waals surface area contributed by atoms with E-state index in [0.717, 1.165) is 31.7 Å². The lowest BCUT2D eigenvalue weighted by molar-refractivity contribution is -0.127. The molecule has 5 nitrogen and oxygen atoms in total. The van der Waals surface area contributed by atoms with Crippen LogP contribution in [-0.2, 0) is 11.3 Å². The van der Waals surface area contributed by atoms with Crippen LogP contribution >= 0.6 is 0 Å². The van der Waals surface area contributed by atoms with Crippen molar-refractivity contribution >= 4 is 5.91 Å². The SMILES string of the molecule is CC(C(=O)NCc1ccco1)N1CCCC(CO)C1. The predicted molar refractivity (Wildman–Crippen MR) is 71.4 cm³/mol. The molecule has 2 unspecified atom stereocenters. The second-order valence-electron chi connectivity index (χ2n) is 5.16. The molecule has 106 valence electrons. The summed E-state index contributed by atoms with van der Waals surface area (Å²) < 4.78 is 5.18. The second kappa shape index (κ2) is 6.73. The maximum absolute atomic E-state index is 12.1. The van der Waals surface area contributed by atoms with Crippen LogP contribution in [0.4, 0.5) is 0 Å². The van der Waals surface area contributed by atoms with E-state index in [1.54, 1.807) is 12.3 Å². The minimum absolute atomic E-state index is 0.00925. The van der Waals surface area contributed by atoms with Crippen LogP contribution in [0.1, 0.15) is 25.5 Å². The van der Waals surface area contributed by atoms with Gasteiger partial charge in [-0.3, -0.25) is 9.69 Å². The van der Waals surface area contributed by atoms with E-state index in [0.29, 0.717) is 12.5 Å². The van der Waals surface area contributed by atoms with Gasteiger partial charge in [0.1, 0.15) is 5.76 Å². The summed E-state index contributed by atoms with van der Waals surface area (Å²) in [6.45, 7) is 4.26. The standard InChI is InChI=1S/C14H22N2O3/c1-11(16-6-2-4-12(9-16)10-17)14(18)15-8-13-5-3-7-19-13/h3,5,7,11-12,17H,2,4,6,8-10H2,1H3,(H,15,18). The first-order chi connectivity index (χ1) is 9.20. The van der Waals surface area contributed by atoms with E-state index in [9.17, 15) is 9.90 Å².